The smallest absolute Gasteiger partial charge is 0.270 e. The number of hydrogen-bond acceptors (Lipinski definition) is 4. The first kappa shape index (κ1) is 15.5. The van der Waals surface area contributed by atoms with E-state index in [1.165, 1.54) is 6.07 Å². The molecule has 4 nitrogen and oxygen atoms in total. The zero-order valence-electron chi connectivity index (χ0n) is 10.5. The number of nitrogens with zero attached hydrogens (tertiary/aromatic N) is 1. The molecule has 0 saturated heterocycles. The van der Waals surface area contributed by atoms with Crippen molar-refractivity contribution in [3.05, 3.63) is 38.3 Å². The molecule has 18 heavy (non-hydrogen) atoms. The minimum absolute atomic E-state index is 0.124. The second kappa shape index (κ2) is 7.76. The summed E-state index contributed by atoms with van der Waals surface area (Å²) in [6.07, 6.45) is 3.13. The Kier molecular flexibility index (Phi) is 6.67. The van der Waals surface area contributed by atoms with Crippen LogP contribution in [-0.4, -0.2) is 23.0 Å². The quantitative estimate of drug-likeness (QED) is 0.612. The van der Waals surface area contributed by atoms with Gasteiger partial charge in [0.2, 0.25) is 0 Å². The number of nitrogens with one attached hydrogen (secondary N) is 1. The number of hydrogen-bond donors (Lipinski definition) is 1. The summed E-state index contributed by atoms with van der Waals surface area (Å²) in [4.78, 5) is 10.4. The molecule has 1 atom stereocenters. The summed E-state index contributed by atoms with van der Waals surface area (Å²) in [6.45, 7) is 2.79. The predicted molar refractivity (Wildman–Crippen MR) is 80.1 cm³/mol. The van der Waals surface area contributed by atoms with Gasteiger partial charge in [0.15, 0.2) is 0 Å². The van der Waals surface area contributed by atoms with Gasteiger partial charge in [0, 0.05) is 34.9 Å². The number of nitro benzene ring substituents is 1. The molecule has 1 unspecified atom stereocenters. The molecular weight excluding hydrogens is 316 g/mol. The molecule has 1 N–H and O–H groups in total. The van der Waals surface area contributed by atoms with Gasteiger partial charge >= 0.3 is 0 Å². The van der Waals surface area contributed by atoms with Gasteiger partial charge in [0.25, 0.3) is 5.69 Å². The molecule has 0 heterocycles. The summed E-state index contributed by atoms with van der Waals surface area (Å²) in [5.41, 5.74) is 1.05. The number of thioether (sulfide) groups is 1. The first-order valence-electron chi connectivity index (χ1n) is 5.73. The van der Waals surface area contributed by atoms with Gasteiger partial charge in [-0.25, -0.2) is 0 Å². The van der Waals surface area contributed by atoms with Crippen molar-refractivity contribution in [2.75, 3.05) is 12.0 Å². The van der Waals surface area contributed by atoms with Gasteiger partial charge in [-0.1, -0.05) is 22.9 Å². The van der Waals surface area contributed by atoms with E-state index in [1.807, 2.05) is 6.07 Å². The standard InChI is InChI=1S/C12H17BrN2O2S/c1-3-11(8-18-2)14-7-9-4-10(13)6-12(5-9)15(16)17/h4-6,11,14H,3,7-8H2,1-2H3. The van der Waals surface area contributed by atoms with Crippen LogP contribution in [0.2, 0.25) is 0 Å². The number of non-ortho nitro benzene ring substituents is 1. The second-order valence-corrected chi connectivity index (χ2v) is 5.84. The van der Waals surface area contributed by atoms with E-state index in [2.05, 4.69) is 34.4 Å². The lowest BCUT2D eigenvalue weighted by atomic mass is 10.2. The molecule has 0 aromatic heterocycles. The highest BCUT2D eigenvalue weighted by Gasteiger charge is 2.10. The van der Waals surface area contributed by atoms with Gasteiger partial charge in [-0.15, -0.1) is 0 Å². The summed E-state index contributed by atoms with van der Waals surface area (Å²) in [6, 6.07) is 5.48. The van der Waals surface area contributed by atoms with E-state index in [1.54, 1.807) is 17.8 Å². The van der Waals surface area contributed by atoms with Crippen LogP contribution >= 0.6 is 27.7 Å². The van der Waals surface area contributed by atoms with E-state index in [4.69, 9.17) is 0 Å². The van der Waals surface area contributed by atoms with Crippen LogP contribution in [0.4, 0.5) is 5.69 Å². The maximum atomic E-state index is 10.8. The largest absolute Gasteiger partial charge is 0.309 e. The van der Waals surface area contributed by atoms with Gasteiger partial charge in [-0.3, -0.25) is 10.1 Å². The Hall–Kier alpha value is -0.590. The van der Waals surface area contributed by atoms with E-state index in [0.717, 1.165) is 22.2 Å². The molecule has 1 aromatic carbocycles. The molecule has 0 spiro atoms. The van der Waals surface area contributed by atoms with E-state index in [-0.39, 0.29) is 10.6 Å². The molecule has 0 radical (unpaired) electrons. The monoisotopic (exact) mass is 332 g/mol. The minimum Gasteiger partial charge on any atom is -0.309 e. The van der Waals surface area contributed by atoms with Crippen LogP contribution in [0.1, 0.15) is 18.9 Å². The molecule has 0 fully saturated rings. The minimum atomic E-state index is -0.368. The number of benzene rings is 1. The molecule has 0 aliphatic carbocycles. The molecular formula is C12H17BrN2O2S. The third-order valence-corrected chi connectivity index (χ3v) is 3.80. The highest BCUT2D eigenvalue weighted by Crippen LogP contribution is 2.21. The van der Waals surface area contributed by atoms with E-state index in [0.29, 0.717) is 12.6 Å². The Morgan fingerprint density at radius 2 is 2.22 bits per heavy atom. The summed E-state index contributed by atoms with van der Waals surface area (Å²) < 4.78 is 0.742. The van der Waals surface area contributed by atoms with Crippen molar-refractivity contribution < 1.29 is 4.92 Å². The lowest BCUT2D eigenvalue weighted by Gasteiger charge is -2.15. The molecule has 0 aliphatic rings. The number of nitro groups is 1. The Morgan fingerprint density at radius 3 is 2.78 bits per heavy atom. The first-order valence-corrected chi connectivity index (χ1v) is 7.91. The van der Waals surface area contributed by atoms with E-state index in [9.17, 15) is 10.1 Å². The fourth-order valence-corrected chi connectivity index (χ4v) is 2.91. The van der Waals surface area contributed by atoms with Crippen molar-refractivity contribution >= 4 is 33.4 Å². The zero-order chi connectivity index (χ0) is 13.5. The van der Waals surface area contributed by atoms with Gasteiger partial charge in [0.05, 0.1) is 4.92 Å². The Labute approximate surface area is 120 Å². The van der Waals surface area contributed by atoms with Gasteiger partial charge < -0.3 is 5.32 Å². The van der Waals surface area contributed by atoms with Crippen LogP contribution in [0.3, 0.4) is 0 Å². The van der Waals surface area contributed by atoms with Crippen molar-refractivity contribution in [3.8, 4) is 0 Å². The molecule has 0 aliphatic heterocycles. The van der Waals surface area contributed by atoms with E-state index < -0.39 is 0 Å². The van der Waals surface area contributed by atoms with Crippen LogP contribution in [0, 0.1) is 10.1 Å². The normalized spacial score (nSPS) is 12.4. The highest BCUT2D eigenvalue weighted by molar-refractivity contribution is 9.10. The van der Waals surface area contributed by atoms with Gasteiger partial charge in [-0.05, 0) is 24.3 Å². The average Bonchev–Trinajstić information content (AvgIpc) is 2.33. The average molecular weight is 333 g/mol. The molecule has 100 valence electrons. The molecule has 6 heteroatoms. The number of halogens is 1. The lowest BCUT2D eigenvalue weighted by Crippen LogP contribution is -2.30. The topological polar surface area (TPSA) is 55.2 Å². The van der Waals surface area contributed by atoms with Crippen molar-refractivity contribution in [1.82, 2.24) is 5.32 Å². The molecule has 0 amide bonds. The third kappa shape index (κ3) is 4.96. The zero-order valence-corrected chi connectivity index (χ0v) is 12.9. The van der Waals surface area contributed by atoms with Crippen LogP contribution in [0.5, 0.6) is 0 Å². The van der Waals surface area contributed by atoms with Crippen molar-refractivity contribution in [2.45, 2.75) is 25.9 Å². The highest BCUT2D eigenvalue weighted by atomic mass is 79.9. The van der Waals surface area contributed by atoms with Gasteiger partial charge in [0.1, 0.15) is 0 Å². The molecule has 1 aromatic rings. The maximum absolute atomic E-state index is 10.8. The third-order valence-electron chi connectivity index (χ3n) is 2.61. The Balaban J connectivity index is 2.69. The van der Waals surface area contributed by atoms with E-state index >= 15 is 0 Å². The second-order valence-electron chi connectivity index (χ2n) is 4.02. The summed E-state index contributed by atoms with van der Waals surface area (Å²) in [5, 5.41) is 14.2. The van der Waals surface area contributed by atoms with Gasteiger partial charge in [-0.2, -0.15) is 11.8 Å². The fraction of sp³-hybridized carbons (Fsp3) is 0.500. The molecule has 0 saturated carbocycles. The van der Waals surface area contributed by atoms with Crippen LogP contribution in [-0.2, 0) is 6.54 Å². The van der Waals surface area contributed by atoms with Crippen molar-refractivity contribution in [3.63, 3.8) is 0 Å². The van der Waals surface area contributed by atoms with Crippen molar-refractivity contribution in [1.29, 1.82) is 0 Å². The van der Waals surface area contributed by atoms with Crippen LogP contribution in [0.25, 0.3) is 0 Å². The van der Waals surface area contributed by atoms with Crippen LogP contribution < -0.4 is 5.32 Å². The predicted octanol–water partition coefficient (Wildman–Crippen LogP) is 3.59. The first-order chi connectivity index (χ1) is 8.56. The maximum Gasteiger partial charge on any atom is 0.270 e. The summed E-state index contributed by atoms with van der Waals surface area (Å²) in [5.74, 6) is 1.05. The SMILES string of the molecule is CCC(CSC)NCc1cc(Br)cc([N+](=O)[O-])c1. The summed E-state index contributed by atoms with van der Waals surface area (Å²) >= 11 is 5.10. The Morgan fingerprint density at radius 1 is 1.50 bits per heavy atom. The van der Waals surface area contributed by atoms with Crippen LogP contribution in [0.15, 0.2) is 22.7 Å². The fourth-order valence-electron chi connectivity index (χ4n) is 1.63. The lowest BCUT2D eigenvalue weighted by molar-refractivity contribution is -0.385. The number of rotatable bonds is 7. The summed E-state index contributed by atoms with van der Waals surface area (Å²) in [7, 11) is 0. The Bertz CT molecular complexity index is 415. The molecule has 1 rings (SSSR count). The van der Waals surface area contributed by atoms with Crippen molar-refractivity contribution in [2.24, 2.45) is 0 Å². The molecule has 0 bridgehead atoms.